The molecular formula is C15H20ClNO2S. The van der Waals surface area contributed by atoms with Gasteiger partial charge >= 0.3 is 5.97 Å². The molecule has 1 aromatic carbocycles. The van der Waals surface area contributed by atoms with E-state index < -0.39 is 5.97 Å². The molecule has 2 aliphatic heterocycles. The third kappa shape index (κ3) is 3.30. The third-order valence-electron chi connectivity index (χ3n) is 4.20. The lowest BCUT2D eigenvalue weighted by Crippen LogP contribution is -2.52. The first-order valence-corrected chi connectivity index (χ1v) is 7.96. The number of carboxylic acid groups (broad SMARTS) is 1. The lowest BCUT2D eigenvalue weighted by Gasteiger charge is -2.45. The monoisotopic (exact) mass is 313 g/mol. The average molecular weight is 314 g/mol. The molecular weight excluding hydrogens is 294 g/mol. The Balaban J connectivity index is 0.00000147. The van der Waals surface area contributed by atoms with Gasteiger partial charge < -0.3 is 5.11 Å². The molecule has 0 radical (unpaired) electrons. The van der Waals surface area contributed by atoms with Crippen molar-refractivity contribution in [2.24, 2.45) is 17.8 Å². The van der Waals surface area contributed by atoms with Crippen molar-refractivity contribution in [3.05, 3.63) is 35.9 Å². The zero-order chi connectivity index (χ0) is 13.2. The molecule has 2 heterocycles. The molecule has 0 aliphatic carbocycles. The van der Waals surface area contributed by atoms with Crippen LogP contribution in [0.2, 0.25) is 0 Å². The van der Waals surface area contributed by atoms with Crippen molar-refractivity contribution in [2.75, 3.05) is 24.6 Å². The molecule has 2 bridgehead atoms. The second-order valence-electron chi connectivity index (χ2n) is 5.60. The van der Waals surface area contributed by atoms with E-state index in [1.165, 1.54) is 5.56 Å². The number of carbonyl (C=O) groups is 1. The van der Waals surface area contributed by atoms with Crippen molar-refractivity contribution < 1.29 is 9.90 Å². The second kappa shape index (κ2) is 6.83. The summed E-state index contributed by atoms with van der Waals surface area (Å²) in [5.74, 6) is 1.93. The summed E-state index contributed by atoms with van der Waals surface area (Å²) in [5, 5.41) is 9.39. The van der Waals surface area contributed by atoms with E-state index in [1.807, 2.05) is 17.8 Å². The quantitative estimate of drug-likeness (QED) is 0.931. The van der Waals surface area contributed by atoms with Gasteiger partial charge in [-0.3, -0.25) is 9.69 Å². The Morgan fingerprint density at radius 2 is 1.80 bits per heavy atom. The van der Waals surface area contributed by atoms with E-state index in [0.29, 0.717) is 11.8 Å². The molecule has 3 nitrogen and oxygen atoms in total. The average Bonchev–Trinajstić information content (AvgIpc) is 2.38. The minimum Gasteiger partial charge on any atom is -0.481 e. The Hall–Kier alpha value is -0.710. The number of carboxylic acids is 1. The van der Waals surface area contributed by atoms with E-state index in [-0.39, 0.29) is 18.3 Å². The highest BCUT2D eigenvalue weighted by Gasteiger charge is 2.43. The third-order valence-corrected chi connectivity index (χ3v) is 5.53. The molecule has 1 aromatic rings. The number of likely N-dealkylation sites (tertiary alicyclic amines) is 1. The van der Waals surface area contributed by atoms with Gasteiger partial charge in [0.25, 0.3) is 0 Å². The number of nitrogens with zero attached hydrogens (tertiary/aromatic N) is 1. The van der Waals surface area contributed by atoms with Crippen molar-refractivity contribution in [1.82, 2.24) is 4.90 Å². The van der Waals surface area contributed by atoms with Gasteiger partial charge in [-0.15, -0.1) is 12.4 Å². The molecule has 20 heavy (non-hydrogen) atoms. The normalized spacial score (nSPS) is 29.5. The summed E-state index contributed by atoms with van der Waals surface area (Å²) >= 11 is 1.93. The SMILES string of the molecule is Cl.O=C(O)C1[C@@H]2CSC[C@H]1CN(Cc1ccccc1)C2. The maximum Gasteiger partial charge on any atom is 0.307 e. The fourth-order valence-corrected chi connectivity index (χ4v) is 4.77. The van der Waals surface area contributed by atoms with Gasteiger partial charge in [-0.25, -0.2) is 0 Å². The van der Waals surface area contributed by atoms with Crippen LogP contribution in [0.3, 0.4) is 0 Å². The van der Waals surface area contributed by atoms with Crippen LogP contribution in [0.1, 0.15) is 5.56 Å². The number of hydrogen-bond donors (Lipinski definition) is 1. The molecule has 0 aromatic heterocycles. The highest BCUT2D eigenvalue weighted by molar-refractivity contribution is 7.99. The number of aliphatic carboxylic acids is 1. The number of thioether (sulfide) groups is 1. The number of benzene rings is 1. The first kappa shape index (κ1) is 15.7. The summed E-state index contributed by atoms with van der Waals surface area (Å²) in [5.41, 5.74) is 1.32. The summed E-state index contributed by atoms with van der Waals surface area (Å²) in [4.78, 5) is 13.8. The van der Waals surface area contributed by atoms with Gasteiger partial charge in [0.05, 0.1) is 5.92 Å². The molecule has 3 atom stereocenters. The van der Waals surface area contributed by atoms with Crippen molar-refractivity contribution in [1.29, 1.82) is 0 Å². The van der Waals surface area contributed by atoms with Crippen LogP contribution in [-0.4, -0.2) is 40.6 Å². The highest BCUT2D eigenvalue weighted by Crippen LogP contribution is 2.38. The number of rotatable bonds is 3. The van der Waals surface area contributed by atoms with Crippen LogP contribution >= 0.6 is 24.2 Å². The van der Waals surface area contributed by atoms with Crippen molar-refractivity contribution in [2.45, 2.75) is 6.54 Å². The number of fused-ring (bicyclic) bond motifs is 2. The summed E-state index contributed by atoms with van der Waals surface area (Å²) in [6, 6.07) is 10.5. The van der Waals surface area contributed by atoms with Crippen LogP contribution in [0.4, 0.5) is 0 Å². The van der Waals surface area contributed by atoms with Crippen molar-refractivity contribution in [3.63, 3.8) is 0 Å². The smallest absolute Gasteiger partial charge is 0.307 e. The zero-order valence-electron chi connectivity index (χ0n) is 11.3. The molecule has 2 aliphatic rings. The first-order chi connectivity index (χ1) is 9.24. The molecule has 2 fully saturated rings. The summed E-state index contributed by atoms with van der Waals surface area (Å²) in [6.45, 7) is 2.80. The summed E-state index contributed by atoms with van der Waals surface area (Å²) in [6.07, 6.45) is 0. The van der Waals surface area contributed by atoms with Crippen LogP contribution in [-0.2, 0) is 11.3 Å². The van der Waals surface area contributed by atoms with E-state index in [0.717, 1.165) is 31.1 Å². The predicted octanol–water partition coefficient (Wildman–Crippen LogP) is 2.60. The molecule has 5 heteroatoms. The Bertz CT molecular complexity index is 442. The van der Waals surface area contributed by atoms with Gasteiger partial charge in [0, 0.05) is 19.6 Å². The highest BCUT2D eigenvalue weighted by atomic mass is 35.5. The largest absolute Gasteiger partial charge is 0.481 e. The number of halogens is 1. The van der Waals surface area contributed by atoms with E-state index >= 15 is 0 Å². The first-order valence-electron chi connectivity index (χ1n) is 6.81. The van der Waals surface area contributed by atoms with Crippen LogP contribution in [0, 0.1) is 17.8 Å². The maximum atomic E-state index is 11.4. The van der Waals surface area contributed by atoms with Crippen LogP contribution < -0.4 is 0 Å². The predicted molar refractivity (Wildman–Crippen MR) is 84.4 cm³/mol. The molecule has 0 spiro atoms. The second-order valence-corrected chi connectivity index (χ2v) is 6.68. The van der Waals surface area contributed by atoms with Crippen molar-refractivity contribution >= 4 is 30.1 Å². The van der Waals surface area contributed by atoms with E-state index in [4.69, 9.17) is 0 Å². The minimum absolute atomic E-state index is 0. The van der Waals surface area contributed by atoms with Crippen molar-refractivity contribution in [3.8, 4) is 0 Å². The molecule has 3 rings (SSSR count). The van der Waals surface area contributed by atoms with E-state index in [9.17, 15) is 9.90 Å². The Kier molecular flexibility index (Phi) is 5.35. The Morgan fingerprint density at radius 3 is 2.35 bits per heavy atom. The van der Waals surface area contributed by atoms with Crippen LogP contribution in [0.25, 0.3) is 0 Å². The lowest BCUT2D eigenvalue weighted by atomic mass is 9.79. The van der Waals surface area contributed by atoms with Crippen LogP contribution in [0.5, 0.6) is 0 Å². The topological polar surface area (TPSA) is 40.5 Å². The molecule has 0 saturated carbocycles. The van der Waals surface area contributed by atoms with Gasteiger partial charge in [-0.2, -0.15) is 11.8 Å². The Morgan fingerprint density at radius 1 is 1.20 bits per heavy atom. The number of hydrogen-bond acceptors (Lipinski definition) is 3. The van der Waals surface area contributed by atoms with E-state index in [1.54, 1.807) is 0 Å². The lowest BCUT2D eigenvalue weighted by molar-refractivity contribution is -0.148. The van der Waals surface area contributed by atoms with Gasteiger partial charge in [-0.05, 0) is 28.9 Å². The van der Waals surface area contributed by atoms with E-state index in [2.05, 4.69) is 29.2 Å². The molecule has 1 unspecified atom stereocenters. The fourth-order valence-electron chi connectivity index (χ4n) is 3.41. The fraction of sp³-hybridized carbons (Fsp3) is 0.533. The van der Waals surface area contributed by atoms with Gasteiger partial charge in [-0.1, -0.05) is 30.3 Å². The Labute approximate surface area is 130 Å². The number of piperidine rings is 1. The maximum absolute atomic E-state index is 11.4. The van der Waals surface area contributed by atoms with Gasteiger partial charge in [0.2, 0.25) is 0 Å². The summed E-state index contributed by atoms with van der Waals surface area (Å²) < 4.78 is 0. The minimum atomic E-state index is -0.588. The van der Waals surface area contributed by atoms with Crippen LogP contribution in [0.15, 0.2) is 30.3 Å². The zero-order valence-corrected chi connectivity index (χ0v) is 12.9. The van der Waals surface area contributed by atoms with Gasteiger partial charge in [0.15, 0.2) is 0 Å². The standard InChI is InChI=1S/C15H19NO2S.ClH/c17-15(18)14-12-7-16(8-13(14)10-19-9-12)6-11-4-2-1-3-5-11;/h1-5,12-14H,6-10H2,(H,17,18);1H/t12-,13+,14?;. The summed E-state index contributed by atoms with van der Waals surface area (Å²) in [7, 11) is 0. The molecule has 0 amide bonds. The van der Waals surface area contributed by atoms with Gasteiger partial charge in [0.1, 0.15) is 0 Å². The molecule has 2 saturated heterocycles. The molecule has 1 N–H and O–H groups in total. The molecule has 110 valence electrons.